The first-order chi connectivity index (χ1) is 8.33. The van der Waals surface area contributed by atoms with Crippen LogP contribution in [0.5, 0.6) is 0 Å². The summed E-state index contributed by atoms with van der Waals surface area (Å²) >= 11 is 0. The second-order valence-corrected chi connectivity index (χ2v) is 4.32. The number of fused-ring (bicyclic) bond motifs is 1. The molecule has 0 fully saturated rings. The molecule has 0 radical (unpaired) electrons. The Labute approximate surface area is 101 Å². The molecule has 17 heavy (non-hydrogen) atoms. The molecular weight excluding hydrogens is 208 g/mol. The lowest BCUT2D eigenvalue weighted by atomic mass is 9.91. The van der Waals surface area contributed by atoms with E-state index in [1.807, 2.05) is 18.2 Å². The van der Waals surface area contributed by atoms with Crippen LogP contribution in [-0.2, 0) is 6.42 Å². The van der Waals surface area contributed by atoms with E-state index in [0.29, 0.717) is 5.82 Å². The Morgan fingerprint density at radius 2 is 1.82 bits per heavy atom. The lowest BCUT2D eigenvalue weighted by Crippen LogP contribution is -2.01. The summed E-state index contributed by atoms with van der Waals surface area (Å²) in [5.41, 5.74) is 10.7. The van der Waals surface area contributed by atoms with E-state index in [1.165, 1.54) is 16.7 Å². The van der Waals surface area contributed by atoms with Crippen molar-refractivity contribution >= 4 is 17.5 Å². The first-order valence-corrected chi connectivity index (χ1v) is 5.84. The third-order valence-corrected chi connectivity index (χ3v) is 3.15. The van der Waals surface area contributed by atoms with Gasteiger partial charge in [0.2, 0.25) is 0 Å². The van der Waals surface area contributed by atoms with E-state index in [4.69, 9.17) is 5.73 Å². The second-order valence-electron chi connectivity index (χ2n) is 4.32. The molecule has 1 aliphatic carbocycles. The molecule has 2 heteroatoms. The smallest absolute Gasteiger partial charge is 0.124 e. The van der Waals surface area contributed by atoms with Crippen LogP contribution in [-0.4, -0.2) is 4.98 Å². The zero-order valence-corrected chi connectivity index (χ0v) is 9.56. The van der Waals surface area contributed by atoms with E-state index in [-0.39, 0.29) is 0 Å². The quantitative estimate of drug-likeness (QED) is 0.805. The fourth-order valence-electron chi connectivity index (χ4n) is 2.26. The lowest BCUT2D eigenvalue weighted by Gasteiger charge is -2.16. The molecule has 1 heterocycles. The number of pyridine rings is 1. The summed E-state index contributed by atoms with van der Waals surface area (Å²) in [5, 5.41) is 0. The summed E-state index contributed by atoms with van der Waals surface area (Å²) in [7, 11) is 0. The Morgan fingerprint density at radius 1 is 0.941 bits per heavy atom. The third kappa shape index (κ3) is 1.94. The fourth-order valence-corrected chi connectivity index (χ4v) is 2.26. The average Bonchev–Trinajstić information content (AvgIpc) is 2.38. The van der Waals surface area contributed by atoms with E-state index in [1.54, 1.807) is 0 Å². The molecule has 0 saturated heterocycles. The van der Waals surface area contributed by atoms with Crippen molar-refractivity contribution in [1.82, 2.24) is 4.98 Å². The number of nitrogen functional groups attached to an aromatic ring is 1. The van der Waals surface area contributed by atoms with Gasteiger partial charge in [-0.25, -0.2) is 4.98 Å². The van der Waals surface area contributed by atoms with Crippen LogP contribution in [0.4, 0.5) is 5.82 Å². The number of rotatable bonds is 1. The Balaban J connectivity index is 2.04. The molecule has 3 rings (SSSR count). The average molecular weight is 222 g/mol. The summed E-state index contributed by atoms with van der Waals surface area (Å²) in [4.78, 5) is 4.38. The highest BCUT2D eigenvalue weighted by molar-refractivity contribution is 5.83. The summed E-state index contributed by atoms with van der Waals surface area (Å²) in [6, 6.07) is 14.3. The van der Waals surface area contributed by atoms with Crippen LogP contribution in [0, 0.1) is 0 Å². The summed E-state index contributed by atoms with van der Waals surface area (Å²) in [6.07, 6.45) is 4.34. The number of hydrogen-bond acceptors (Lipinski definition) is 2. The first kappa shape index (κ1) is 10.1. The van der Waals surface area contributed by atoms with E-state index in [9.17, 15) is 0 Å². The van der Waals surface area contributed by atoms with E-state index in [0.717, 1.165) is 18.5 Å². The maximum atomic E-state index is 5.72. The Kier molecular flexibility index (Phi) is 2.41. The van der Waals surface area contributed by atoms with Gasteiger partial charge in [0.15, 0.2) is 0 Å². The maximum Gasteiger partial charge on any atom is 0.124 e. The van der Waals surface area contributed by atoms with Gasteiger partial charge in [0, 0.05) is 0 Å². The zero-order chi connectivity index (χ0) is 11.7. The van der Waals surface area contributed by atoms with Crippen LogP contribution in [0.1, 0.15) is 23.2 Å². The molecule has 0 aliphatic heterocycles. The molecule has 0 unspecified atom stereocenters. The highest BCUT2D eigenvalue weighted by atomic mass is 14.8. The minimum absolute atomic E-state index is 0.585. The number of benzene rings is 1. The molecule has 2 aromatic rings. The predicted molar refractivity (Wildman–Crippen MR) is 71.3 cm³/mol. The van der Waals surface area contributed by atoms with Crippen molar-refractivity contribution < 1.29 is 0 Å². The molecule has 84 valence electrons. The molecule has 0 atom stereocenters. The van der Waals surface area contributed by atoms with Gasteiger partial charge in [0.25, 0.3) is 0 Å². The summed E-state index contributed by atoms with van der Waals surface area (Å²) < 4.78 is 0. The predicted octanol–water partition coefficient (Wildman–Crippen LogP) is 3.15. The topological polar surface area (TPSA) is 38.9 Å². The number of nitrogens with zero attached hydrogens (tertiary/aromatic N) is 1. The van der Waals surface area contributed by atoms with E-state index < -0.39 is 0 Å². The minimum Gasteiger partial charge on any atom is -0.384 e. The van der Waals surface area contributed by atoms with Gasteiger partial charge >= 0.3 is 0 Å². The van der Waals surface area contributed by atoms with Crippen LogP contribution in [0.2, 0.25) is 0 Å². The monoisotopic (exact) mass is 222 g/mol. The molecule has 2 N–H and O–H groups in total. The number of nitrogens with two attached hydrogens (primary N) is 1. The number of anilines is 1. The van der Waals surface area contributed by atoms with Crippen LogP contribution in [0.3, 0.4) is 0 Å². The molecule has 0 amide bonds. The number of aromatic nitrogens is 1. The summed E-state index contributed by atoms with van der Waals surface area (Å²) in [6.45, 7) is 0. The molecule has 0 saturated carbocycles. The van der Waals surface area contributed by atoms with Crippen molar-refractivity contribution in [3.05, 3.63) is 59.3 Å². The van der Waals surface area contributed by atoms with E-state index in [2.05, 4.69) is 35.3 Å². The van der Waals surface area contributed by atoms with Crippen LogP contribution >= 0.6 is 0 Å². The standard InChI is InChI=1S/C15H14N2/c16-15-7-3-6-14(17-15)13-9-8-11-4-1-2-5-12(11)10-13/h1-7,10H,8-9H2,(H2,16,17). The number of allylic oxidation sites excluding steroid dienone is 1. The van der Waals surface area contributed by atoms with Crippen molar-refractivity contribution in [1.29, 1.82) is 0 Å². The third-order valence-electron chi connectivity index (χ3n) is 3.15. The van der Waals surface area contributed by atoms with Crippen molar-refractivity contribution in [2.75, 3.05) is 5.73 Å². The highest BCUT2D eigenvalue weighted by Crippen LogP contribution is 2.29. The van der Waals surface area contributed by atoms with Gasteiger partial charge in [-0.1, -0.05) is 30.3 Å². The Bertz CT molecular complexity index is 585. The van der Waals surface area contributed by atoms with Gasteiger partial charge in [-0.2, -0.15) is 0 Å². The molecule has 0 spiro atoms. The molecule has 1 aromatic carbocycles. The zero-order valence-electron chi connectivity index (χ0n) is 9.56. The highest BCUT2D eigenvalue weighted by Gasteiger charge is 2.11. The molecule has 0 bridgehead atoms. The van der Waals surface area contributed by atoms with Crippen molar-refractivity contribution in [2.24, 2.45) is 0 Å². The van der Waals surface area contributed by atoms with Gasteiger partial charge in [-0.3, -0.25) is 0 Å². The van der Waals surface area contributed by atoms with Gasteiger partial charge in [-0.15, -0.1) is 0 Å². The van der Waals surface area contributed by atoms with Crippen molar-refractivity contribution in [3.8, 4) is 0 Å². The van der Waals surface area contributed by atoms with Crippen LogP contribution < -0.4 is 5.73 Å². The number of hydrogen-bond donors (Lipinski definition) is 1. The van der Waals surface area contributed by atoms with Gasteiger partial charge in [0.1, 0.15) is 5.82 Å². The van der Waals surface area contributed by atoms with Crippen molar-refractivity contribution in [3.63, 3.8) is 0 Å². The molecule has 1 aliphatic rings. The SMILES string of the molecule is Nc1cccc(C2=Cc3ccccc3CC2)n1. The normalized spacial score (nSPS) is 14.0. The number of aryl methyl sites for hydroxylation is 1. The van der Waals surface area contributed by atoms with Gasteiger partial charge in [-0.05, 0) is 47.8 Å². The van der Waals surface area contributed by atoms with Gasteiger partial charge < -0.3 is 5.73 Å². The van der Waals surface area contributed by atoms with E-state index >= 15 is 0 Å². The lowest BCUT2D eigenvalue weighted by molar-refractivity contribution is 0.992. The largest absolute Gasteiger partial charge is 0.384 e. The van der Waals surface area contributed by atoms with Crippen LogP contribution in [0.15, 0.2) is 42.5 Å². The molecule has 2 nitrogen and oxygen atoms in total. The second kappa shape index (κ2) is 4.06. The first-order valence-electron chi connectivity index (χ1n) is 5.84. The Morgan fingerprint density at radius 3 is 2.71 bits per heavy atom. The summed E-state index contributed by atoms with van der Waals surface area (Å²) in [5.74, 6) is 0.585. The molecular formula is C15H14N2. The van der Waals surface area contributed by atoms with Gasteiger partial charge in [0.05, 0.1) is 5.69 Å². The Hall–Kier alpha value is -2.09. The van der Waals surface area contributed by atoms with Crippen molar-refractivity contribution in [2.45, 2.75) is 12.8 Å². The molecule has 1 aromatic heterocycles. The van der Waals surface area contributed by atoms with Crippen LogP contribution in [0.25, 0.3) is 11.6 Å². The maximum absolute atomic E-state index is 5.72. The minimum atomic E-state index is 0.585. The fraction of sp³-hybridized carbons (Fsp3) is 0.133.